The van der Waals surface area contributed by atoms with Crippen molar-refractivity contribution in [3.05, 3.63) is 59.2 Å². The van der Waals surface area contributed by atoms with E-state index in [9.17, 15) is 14.4 Å². The molecule has 9 nitrogen and oxygen atoms in total. The van der Waals surface area contributed by atoms with Crippen LogP contribution < -0.4 is 15.4 Å². The van der Waals surface area contributed by atoms with Gasteiger partial charge in [0.15, 0.2) is 0 Å². The van der Waals surface area contributed by atoms with Crippen molar-refractivity contribution in [2.75, 3.05) is 45.3 Å². The maximum Gasteiger partial charge on any atom is 0.317 e. The van der Waals surface area contributed by atoms with Gasteiger partial charge in [-0.25, -0.2) is 4.79 Å². The van der Waals surface area contributed by atoms with Crippen LogP contribution in [0.5, 0.6) is 5.75 Å². The van der Waals surface area contributed by atoms with Gasteiger partial charge in [0, 0.05) is 19.6 Å². The van der Waals surface area contributed by atoms with Crippen LogP contribution in [0.1, 0.15) is 27.9 Å². The number of carbonyl (C=O) groups excluding carboxylic acids is 3. The molecule has 2 saturated heterocycles. The van der Waals surface area contributed by atoms with Gasteiger partial charge in [0.05, 0.1) is 37.6 Å². The van der Waals surface area contributed by atoms with E-state index in [-0.39, 0.29) is 17.8 Å². The number of morpholine rings is 1. The molecule has 9 heteroatoms. The molecule has 2 aromatic rings. The molecule has 3 aliphatic heterocycles. The first kappa shape index (κ1) is 22.9. The van der Waals surface area contributed by atoms with Crippen molar-refractivity contribution < 1.29 is 23.9 Å². The number of fused-ring (bicyclic) bond motifs is 2. The molecule has 0 unspecified atom stereocenters. The summed E-state index contributed by atoms with van der Waals surface area (Å²) in [5.41, 5.74) is 2.77. The van der Waals surface area contributed by atoms with Crippen LogP contribution in [-0.2, 0) is 9.53 Å². The lowest BCUT2D eigenvalue weighted by Crippen LogP contribution is -2.55. The fourth-order valence-corrected chi connectivity index (χ4v) is 4.73. The first-order valence-electron chi connectivity index (χ1n) is 11.7. The largest absolute Gasteiger partial charge is 0.497 e. The second kappa shape index (κ2) is 9.79. The summed E-state index contributed by atoms with van der Waals surface area (Å²) < 4.78 is 10.5. The van der Waals surface area contributed by atoms with Gasteiger partial charge in [-0.1, -0.05) is 30.4 Å². The van der Waals surface area contributed by atoms with Crippen LogP contribution in [0, 0.1) is 0 Å². The quantitative estimate of drug-likeness (QED) is 0.661. The van der Waals surface area contributed by atoms with E-state index in [4.69, 9.17) is 9.47 Å². The van der Waals surface area contributed by atoms with Crippen LogP contribution in [0.3, 0.4) is 0 Å². The number of hydrogen-bond donors (Lipinski definition) is 2. The summed E-state index contributed by atoms with van der Waals surface area (Å²) in [7, 11) is 1.63. The van der Waals surface area contributed by atoms with Gasteiger partial charge in [0.2, 0.25) is 5.91 Å². The molecule has 35 heavy (non-hydrogen) atoms. The van der Waals surface area contributed by atoms with E-state index in [1.807, 2.05) is 42.5 Å². The van der Waals surface area contributed by atoms with Crippen LogP contribution in [-0.4, -0.2) is 79.7 Å². The summed E-state index contributed by atoms with van der Waals surface area (Å²) in [6.45, 7) is 2.41. The van der Waals surface area contributed by atoms with Crippen molar-refractivity contribution >= 4 is 35.7 Å². The van der Waals surface area contributed by atoms with Crippen molar-refractivity contribution in [3.8, 4) is 5.75 Å². The summed E-state index contributed by atoms with van der Waals surface area (Å²) >= 11 is 0. The van der Waals surface area contributed by atoms with Crippen LogP contribution in [0.4, 0.5) is 10.5 Å². The van der Waals surface area contributed by atoms with Gasteiger partial charge >= 0.3 is 6.03 Å². The molecule has 2 aromatic carbocycles. The van der Waals surface area contributed by atoms with Crippen molar-refractivity contribution in [2.45, 2.75) is 18.5 Å². The maximum atomic E-state index is 13.4. The Morgan fingerprint density at radius 2 is 1.77 bits per heavy atom. The van der Waals surface area contributed by atoms with E-state index in [0.29, 0.717) is 50.5 Å². The fraction of sp³-hybridized carbons (Fsp3) is 0.346. The number of rotatable bonds is 4. The van der Waals surface area contributed by atoms with E-state index in [0.717, 1.165) is 16.9 Å². The molecule has 0 aromatic heterocycles. The fourth-order valence-electron chi connectivity index (χ4n) is 4.73. The Morgan fingerprint density at radius 1 is 1.06 bits per heavy atom. The van der Waals surface area contributed by atoms with Gasteiger partial charge in [-0.2, -0.15) is 0 Å². The molecule has 3 heterocycles. The topological polar surface area (TPSA) is 100 Å². The Morgan fingerprint density at radius 3 is 2.51 bits per heavy atom. The zero-order chi connectivity index (χ0) is 24.4. The molecular formula is C26H28N4O5. The molecule has 2 fully saturated rings. The standard InChI is InChI=1S/C26H28N4O5/c1-34-19-7-4-17(5-8-19)2-3-18-6-9-21-20(16-18)25(32)30-11-10-22(23(30)24(31)27-21)28-26(33)29-12-14-35-15-13-29/h2-9,16,22-23H,10-15H2,1H3,(H,27,31)(H,28,33)/t22-,23-/m0/s1. The molecule has 182 valence electrons. The molecule has 0 radical (unpaired) electrons. The van der Waals surface area contributed by atoms with Crippen LogP contribution in [0.25, 0.3) is 12.2 Å². The third-order valence-corrected chi connectivity index (χ3v) is 6.65. The lowest BCUT2D eigenvalue weighted by molar-refractivity contribution is -0.120. The minimum Gasteiger partial charge on any atom is -0.497 e. The smallest absolute Gasteiger partial charge is 0.317 e. The number of amides is 4. The number of benzene rings is 2. The Bertz CT molecular complexity index is 1160. The minimum atomic E-state index is -0.752. The zero-order valence-corrected chi connectivity index (χ0v) is 19.5. The van der Waals surface area contributed by atoms with E-state index in [1.165, 1.54) is 0 Å². The van der Waals surface area contributed by atoms with Crippen molar-refractivity contribution in [1.29, 1.82) is 0 Å². The third kappa shape index (κ3) is 4.72. The van der Waals surface area contributed by atoms with Crippen LogP contribution >= 0.6 is 0 Å². The third-order valence-electron chi connectivity index (χ3n) is 6.65. The SMILES string of the molecule is COc1ccc(C=Cc2ccc3c(c2)C(=O)N2CC[C@H](NC(=O)N4CCOCC4)[C@H]2C(=O)N3)cc1. The summed E-state index contributed by atoms with van der Waals surface area (Å²) in [6, 6.07) is 11.6. The molecule has 5 rings (SSSR count). The first-order valence-corrected chi connectivity index (χ1v) is 11.7. The molecule has 3 aliphatic rings. The predicted molar refractivity (Wildman–Crippen MR) is 131 cm³/mol. The number of hydrogen-bond acceptors (Lipinski definition) is 5. The highest BCUT2D eigenvalue weighted by atomic mass is 16.5. The summed E-state index contributed by atoms with van der Waals surface area (Å²) in [5, 5.41) is 5.86. The predicted octanol–water partition coefficient (Wildman–Crippen LogP) is 2.44. The van der Waals surface area contributed by atoms with Gasteiger partial charge in [-0.3, -0.25) is 9.59 Å². The molecule has 0 spiro atoms. The van der Waals surface area contributed by atoms with Crippen molar-refractivity contribution in [2.24, 2.45) is 0 Å². The number of methoxy groups -OCH3 is 1. The van der Waals surface area contributed by atoms with E-state index >= 15 is 0 Å². The van der Waals surface area contributed by atoms with Gasteiger partial charge in [-0.15, -0.1) is 0 Å². The second-order valence-corrected chi connectivity index (χ2v) is 8.79. The van der Waals surface area contributed by atoms with Crippen molar-refractivity contribution in [3.63, 3.8) is 0 Å². The number of nitrogens with zero attached hydrogens (tertiary/aromatic N) is 2. The lowest BCUT2D eigenvalue weighted by Gasteiger charge is -2.30. The molecule has 0 aliphatic carbocycles. The average molecular weight is 477 g/mol. The number of nitrogens with one attached hydrogen (secondary N) is 2. The highest BCUT2D eigenvalue weighted by molar-refractivity contribution is 6.11. The van der Waals surface area contributed by atoms with Crippen LogP contribution in [0.15, 0.2) is 42.5 Å². The van der Waals surface area contributed by atoms with Gasteiger partial charge in [-0.05, 0) is 41.8 Å². The summed E-state index contributed by atoms with van der Waals surface area (Å²) in [5.74, 6) is 0.280. The molecule has 0 saturated carbocycles. The molecule has 4 amide bonds. The van der Waals surface area contributed by atoms with E-state index < -0.39 is 12.1 Å². The monoisotopic (exact) mass is 476 g/mol. The summed E-state index contributed by atoms with van der Waals surface area (Å²) in [4.78, 5) is 42.5. The Kier molecular flexibility index (Phi) is 6.41. The number of anilines is 1. The maximum absolute atomic E-state index is 13.4. The lowest BCUT2D eigenvalue weighted by atomic mass is 10.1. The van der Waals surface area contributed by atoms with Gasteiger partial charge in [0.25, 0.3) is 5.91 Å². The van der Waals surface area contributed by atoms with E-state index in [2.05, 4.69) is 10.6 Å². The highest BCUT2D eigenvalue weighted by Gasteiger charge is 2.45. The van der Waals surface area contributed by atoms with Crippen LogP contribution in [0.2, 0.25) is 0 Å². The highest BCUT2D eigenvalue weighted by Crippen LogP contribution is 2.30. The Labute approximate surface area is 203 Å². The van der Waals surface area contributed by atoms with Gasteiger partial charge in [0.1, 0.15) is 11.8 Å². The second-order valence-electron chi connectivity index (χ2n) is 8.79. The molecule has 0 bridgehead atoms. The molecule has 2 N–H and O–H groups in total. The minimum absolute atomic E-state index is 0.217. The molecule has 2 atom stereocenters. The average Bonchev–Trinajstić information content (AvgIpc) is 3.27. The Balaban J connectivity index is 1.33. The van der Waals surface area contributed by atoms with Gasteiger partial charge < -0.3 is 29.9 Å². The van der Waals surface area contributed by atoms with Crippen molar-refractivity contribution in [1.82, 2.24) is 15.1 Å². The van der Waals surface area contributed by atoms with E-state index in [1.54, 1.807) is 29.0 Å². The number of ether oxygens (including phenoxy) is 2. The zero-order valence-electron chi connectivity index (χ0n) is 19.5. The Hall–Kier alpha value is -3.85. The molecular weight excluding hydrogens is 448 g/mol. The normalized spacial score (nSPS) is 21.9. The summed E-state index contributed by atoms with van der Waals surface area (Å²) in [6.07, 6.45) is 4.40. The number of carbonyl (C=O) groups is 3. The first-order chi connectivity index (χ1) is 17.0. The number of urea groups is 1.